The minimum Gasteiger partial charge on any atom is -0.381 e. The molecule has 0 bridgehead atoms. The highest BCUT2D eigenvalue weighted by Crippen LogP contribution is 2.20. The molecule has 0 atom stereocenters. The molecule has 8 heteroatoms. The summed E-state index contributed by atoms with van der Waals surface area (Å²) in [5.74, 6) is 0.652. The second kappa shape index (κ2) is 8.06. The van der Waals surface area contributed by atoms with E-state index in [0.29, 0.717) is 11.9 Å². The number of benzene rings is 1. The topological polar surface area (TPSA) is 75.5 Å². The van der Waals surface area contributed by atoms with Gasteiger partial charge in [-0.15, -0.1) is 0 Å². The average molecular weight is 370 g/mol. The molecule has 1 aromatic carbocycles. The van der Waals surface area contributed by atoms with E-state index in [1.54, 1.807) is 11.0 Å². The summed E-state index contributed by atoms with van der Waals surface area (Å²) in [7, 11) is 1.84. The first kappa shape index (κ1) is 17.9. The molecule has 2 aromatic rings. The standard InChI is InChI=1S/C19H26N6O2/c1-23-14-20-18(22-23)15-3-2-4-16(13-15)21-19(26)25-9-7-24(8-10-25)17-5-11-27-12-6-17/h2-4,13-14,17H,5-12H2,1H3,(H,21,26). The number of hydrogen-bond acceptors (Lipinski definition) is 5. The number of piperazine rings is 1. The normalized spacial score (nSPS) is 19.2. The van der Waals surface area contributed by atoms with Crippen molar-refractivity contribution in [3.8, 4) is 11.4 Å². The van der Waals surface area contributed by atoms with Crippen LogP contribution in [0.3, 0.4) is 0 Å². The summed E-state index contributed by atoms with van der Waals surface area (Å²) < 4.78 is 7.11. The van der Waals surface area contributed by atoms with Crippen LogP contribution >= 0.6 is 0 Å². The van der Waals surface area contributed by atoms with Crippen LogP contribution in [0.5, 0.6) is 0 Å². The molecule has 2 aliphatic rings. The summed E-state index contributed by atoms with van der Waals surface area (Å²) in [5, 5.41) is 7.32. The van der Waals surface area contributed by atoms with Gasteiger partial charge in [0.25, 0.3) is 0 Å². The van der Waals surface area contributed by atoms with Crippen LogP contribution in [0.2, 0.25) is 0 Å². The molecule has 0 spiro atoms. The third-order valence-electron chi connectivity index (χ3n) is 5.28. The number of aromatic nitrogens is 3. The molecule has 4 rings (SSSR count). The fourth-order valence-corrected chi connectivity index (χ4v) is 3.75. The number of carbonyl (C=O) groups excluding carboxylic acids is 1. The zero-order chi connectivity index (χ0) is 18.6. The van der Waals surface area contributed by atoms with Gasteiger partial charge in [-0.05, 0) is 25.0 Å². The highest BCUT2D eigenvalue weighted by Gasteiger charge is 2.27. The van der Waals surface area contributed by atoms with Crippen LogP contribution in [0.1, 0.15) is 12.8 Å². The van der Waals surface area contributed by atoms with Gasteiger partial charge in [0.15, 0.2) is 5.82 Å². The van der Waals surface area contributed by atoms with E-state index in [0.717, 1.165) is 63.5 Å². The summed E-state index contributed by atoms with van der Waals surface area (Å²) >= 11 is 0. The molecule has 3 heterocycles. The molecule has 27 heavy (non-hydrogen) atoms. The van der Waals surface area contributed by atoms with E-state index in [1.165, 1.54) is 0 Å². The van der Waals surface area contributed by atoms with Crippen molar-refractivity contribution in [3.05, 3.63) is 30.6 Å². The number of carbonyl (C=O) groups is 1. The Bertz CT molecular complexity index is 778. The Morgan fingerprint density at radius 2 is 1.96 bits per heavy atom. The van der Waals surface area contributed by atoms with E-state index in [2.05, 4.69) is 20.3 Å². The third kappa shape index (κ3) is 4.28. The maximum atomic E-state index is 12.6. The van der Waals surface area contributed by atoms with Crippen molar-refractivity contribution in [1.82, 2.24) is 24.6 Å². The fraction of sp³-hybridized carbons (Fsp3) is 0.526. The summed E-state index contributed by atoms with van der Waals surface area (Å²) in [4.78, 5) is 21.3. The first-order valence-corrected chi connectivity index (χ1v) is 9.53. The second-order valence-corrected chi connectivity index (χ2v) is 7.12. The van der Waals surface area contributed by atoms with Crippen LogP contribution in [0.25, 0.3) is 11.4 Å². The van der Waals surface area contributed by atoms with Gasteiger partial charge in [0.2, 0.25) is 0 Å². The highest BCUT2D eigenvalue weighted by atomic mass is 16.5. The number of ether oxygens (including phenoxy) is 1. The quantitative estimate of drug-likeness (QED) is 0.892. The van der Waals surface area contributed by atoms with Crippen LogP contribution in [-0.2, 0) is 11.8 Å². The van der Waals surface area contributed by atoms with Gasteiger partial charge >= 0.3 is 6.03 Å². The third-order valence-corrected chi connectivity index (χ3v) is 5.28. The lowest BCUT2D eigenvalue weighted by atomic mass is 10.1. The van der Waals surface area contributed by atoms with Gasteiger partial charge in [-0.2, -0.15) is 5.10 Å². The Kier molecular flexibility index (Phi) is 5.35. The van der Waals surface area contributed by atoms with Gasteiger partial charge < -0.3 is 15.0 Å². The Hall–Kier alpha value is -2.45. The molecule has 0 unspecified atom stereocenters. The van der Waals surface area contributed by atoms with E-state index in [4.69, 9.17) is 4.74 Å². The molecular formula is C19H26N6O2. The molecule has 2 amide bonds. The molecule has 2 aliphatic heterocycles. The summed E-state index contributed by atoms with van der Waals surface area (Å²) in [6.07, 6.45) is 3.86. The van der Waals surface area contributed by atoms with E-state index in [9.17, 15) is 4.79 Å². The molecule has 2 fully saturated rings. The van der Waals surface area contributed by atoms with E-state index in [1.807, 2.05) is 36.2 Å². The van der Waals surface area contributed by atoms with Crippen molar-refractivity contribution in [3.63, 3.8) is 0 Å². The minimum atomic E-state index is -0.0484. The molecule has 2 saturated heterocycles. The lowest BCUT2D eigenvalue weighted by molar-refractivity contribution is 0.0194. The van der Waals surface area contributed by atoms with Crippen LogP contribution in [-0.4, -0.2) is 76.0 Å². The van der Waals surface area contributed by atoms with Gasteiger partial charge in [-0.25, -0.2) is 9.78 Å². The van der Waals surface area contributed by atoms with Crippen molar-refractivity contribution in [2.45, 2.75) is 18.9 Å². The SMILES string of the molecule is Cn1cnc(-c2cccc(NC(=O)N3CCN(C4CCOCC4)CC3)c2)n1. The molecule has 1 N–H and O–H groups in total. The van der Waals surface area contributed by atoms with Crippen molar-refractivity contribution < 1.29 is 9.53 Å². The first-order valence-electron chi connectivity index (χ1n) is 9.53. The lowest BCUT2D eigenvalue weighted by Crippen LogP contribution is -2.53. The summed E-state index contributed by atoms with van der Waals surface area (Å²) in [6, 6.07) is 8.20. The molecule has 8 nitrogen and oxygen atoms in total. The van der Waals surface area contributed by atoms with Crippen LogP contribution in [0.15, 0.2) is 30.6 Å². The second-order valence-electron chi connectivity index (χ2n) is 7.12. The van der Waals surface area contributed by atoms with E-state index in [-0.39, 0.29) is 6.03 Å². The Labute approximate surface area is 159 Å². The Balaban J connectivity index is 1.33. The molecule has 144 valence electrons. The number of rotatable bonds is 3. The van der Waals surface area contributed by atoms with Crippen LogP contribution in [0, 0.1) is 0 Å². The number of urea groups is 1. The molecule has 0 radical (unpaired) electrons. The number of nitrogens with zero attached hydrogens (tertiary/aromatic N) is 5. The molecule has 0 saturated carbocycles. The van der Waals surface area contributed by atoms with Crippen molar-refractivity contribution in [2.75, 3.05) is 44.7 Å². The van der Waals surface area contributed by atoms with Crippen molar-refractivity contribution in [2.24, 2.45) is 7.05 Å². The van der Waals surface area contributed by atoms with Gasteiger partial charge in [-0.3, -0.25) is 9.58 Å². The number of anilines is 1. The predicted octanol–water partition coefficient (Wildman–Crippen LogP) is 1.81. The van der Waals surface area contributed by atoms with E-state index >= 15 is 0 Å². The average Bonchev–Trinajstić information content (AvgIpc) is 3.15. The van der Waals surface area contributed by atoms with Crippen molar-refractivity contribution >= 4 is 11.7 Å². The Morgan fingerprint density at radius 3 is 2.67 bits per heavy atom. The summed E-state index contributed by atoms with van der Waals surface area (Å²) in [6.45, 7) is 5.07. The van der Waals surface area contributed by atoms with Gasteiger partial charge in [0.05, 0.1) is 0 Å². The van der Waals surface area contributed by atoms with Gasteiger partial charge in [0.1, 0.15) is 6.33 Å². The maximum absolute atomic E-state index is 12.6. The van der Waals surface area contributed by atoms with Gasteiger partial charge in [0, 0.05) is 63.7 Å². The molecule has 0 aliphatic carbocycles. The maximum Gasteiger partial charge on any atom is 0.321 e. The monoisotopic (exact) mass is 370 g/mol. The van der Waals surface area contributed by atoms with Crippen LogP contribution < -0.4 is 5.32 Å². The number of nitrogens with one attached hydrogen (secondary N) is 1. The Morgan fingerprint density at radius 1 is 1.19 bits per heavy atom. The largest absolute Gasteiger partial charge is 0.381 e. The molecule has 1 aromatic heterocycles. The number of hydrogen-bond donors (Lipinski definition) is 1. The summed E-state index contributed by atoms with van der Waals surface area (Å²) in [5.41, 5.74) is 1.65. The fourth-order valence-electron chi connectivity index (χ4n) is 3.75. The zero-order valence-electron chi connectivity index (χ0n) is 15.7. The van der Waals surface area contributed by atoms with E-state index < -0.39 is 0 Å². The number of aryl methyl sites for hydroxylation is 1. The van der Waals surface area contributed by atoms with Crippen molar-refractivity contribution in [1.29, 1.82) is 0 Å². The molecular weight excluding hydrogens is 344 g/mol. The predicted molar refractivity (Wildman–Crippen MR) is 102 cm³/mol. The number of amides is 2. The zero-order valence-corrected chi connectivity index (χ0v) is 15.7. The highest BCUT2D eigenvalue weighted by molar-refractivity contribution is 5.90. The smallest absolute Gasteiger partial charge is 0.321 e. The lowest BCUT2D eigenvalue weighted by Gasteiger charge is -2.40. The first-order chi connectivity index (χ1) is 13.2. The minimum absolute atomic E-state index is 0.0484. The van der Waals surface area contributed by atoms with Gasteiger partial charge in [-0.1, -0.05) is 12.1 Å². The van der Waals surface area contributed by atoms with Crippen LogP contribution in [0.4, 0.5) is 10.5 Å².